The summed E-state index contributed by atoms with van der Waals surface area (Å²) in [6, 6.07) is 8.44. The lowest BCUT2D eigenvalue weighted by atomic mass is 10.1. The van der Waals surface area contributed by atoms with Crippen molar-refractivity contribution in [1.29, 1.82) is 0 Å². The van der Waals surface area contributed by atoms with Crippen LogP contribution in [0.5, 0.6) is 0 Å². The number of benzene rings is 1. The second kappa shape index (κ2) is 7.29. The van der Waals surface area contributed by atoms with Gasteiger partial charge in [-0.25, -0.2) is 15.0 Å². The number of hydrogen-bond acceptors (Lipinski definition) is 6. The zero-order chi connectivity index (χ0) is 19.8. The fourth-order valence-electron chi connectivity index (χ4n) is 4.11. The number of likely N-dealkylation sites (tertiary alicyclic amines) is 1. The van der Waals surface area contributed by atoms with Gasteiger partial charge in [0, 0.05) is 24.5 Å². The molecular formula is C21H23N7O. The van der Waals surface area contributed by atoms with Gasteiger partial charge in [-0.1, -0.05) is 24.3 Å². The number of nitrogens with zero attached hydrogens (tertiary/aromatic N) is 5. The summed E-state index contributed by atoms with van der Waals surface area (Å²) >= 11 is 0. The van der Waals surface area contributed by atoms with Gasteiger partial charge in [-0.05, 0) is 37.1 Å². The van der Waals surface area contributed by atoms with Crippen molar-refractivity contribution in [1.82, 2.24) is 24.8 Å². The molecule has 0 radical (unpaired) electrons. The standard InChI is InChI=1S/C21H23N7O/c22-18-16-11-17(29)28(21(16)26-20(25-18)19-23-6-7-24-19)13-15-5-3-4-14(10-15)12-27-8-1-2-9-27/h3-7,10H,1-2,8-9,11-13H2,(H,23,24)(H2,22,25,26). The molecule has 0 spiro atoms. The molecule has 3 N–H and O–H groups in total. The number of nitrogens with one attached hydrogen (secondary N) is 1. The Hall–Kier alpha value is -3.26. The fourth-order valence-corrected chi connectivity index (χ4v) is 4.11. The average Bonchev–Trinajstić information content (AvgIpc) is 3.46. The van der Waals surface area contributed by atoms with Gasteiger partial charge in [-0.2, -0.15) is 0 Å². The van der Waals surface area contributed by atoms with Crippen LogP contribution in [-0.2, 0) is 24.3 Å². The van der Waals surface area contributed by atoms with E-state index in [2.05, 4.69) is 49.1 Å². The quantitative estimate of drug-likeness (QED) is 0.693. The number of rotatable bonds is 5. The lowest BCUT2D eigenvalue weighted by molar-refractivity contribution is -0.117. The van der Waals surface area contributed by atoms with Crippen LogP contribution in [0.4, 0.5) is 11.6 Å². The molecule has 0 bridgehead atoms. The number of amides is 1. The summed E-state index contributed by atoms with van der Waals surface area (Å²) in [6.07, 6.45) is 6.12. The van der Waals surface area contributed by atoms with Gasteiger partial charge in [-0.15, -0.1) is 0 Å². The van der Waals surface area contributed by atoms with E-state index in [1.54, 1.807) is 17.3 Å². The van der Waals surface area contributed by atoms with Crippen molar-refractivity contribution in [2.45, 2.75) is 32.4 Å². The Balaban J connectivity index is 1.42. The van der Waals surface area contributed by atoms with Crippen molar-refractivity contribution < 1.29 is 4.79 Å². The van der Waals surface area contributed by atoms with E-state index in [1.165, 1.54) is 18.4 Å². The van der Waals surface area contributed by atoms with E-state index in [0.717, 1.165) is 25.2 Å². The molecule has 0 atom stereocenters. The van der Waals surface area contributed by atoms with Crippen LogP contribution in [0.3, 0.4) is 0 Å². The monoisotopic (exact) mass is 389 g/mol. The van der Waals surface area contributed by atoms with Gasteiger partial charge in [-0.3, -0.25) is 14.6 Å². The number of anilines is 2. The normalized spacial score (nSPS) is 16.6. The molecule has 3 aromatic rings. The molecule has 8 nitrogen and oxygen atoms in total. The smallest absolute Gasteiger partial charge is 0.233 e. The van der Waals surface area contributed by atoms with Crippen molar-refractivity contribution in [3.63, 3.8) is 0 Å². The van der Waals surface area contributed by atoms with Gasteiger partial charge < -0.3 is 10.7 Å². The second-order valence-corrected chi connectivity index (χ2v) is 7.63. The summed E-state index contributed by atoms with van der Waals surface area (Å²) in [6.45, 7) is 3.74. The minimum absolute atomic E-state index is 0.0115. The number of nitrogens with two attached hydrogens (primary N) is 1. The molecule has 0 aliphatic carbocycles. The number of hydrogen-bond donors (Lipinski definition) is 2. The second-order valence-electron chi connectivity index (χ2n) is 7.63. The van der Waals surface area contributed by atoms with E-state index in [0.29, 0.717) is 35.4 Å². The lowest BCUT2D eigenvalue weighted by Crippen LogP contribution is -2.27. The first-order valence-corrected chi connectivity index (χ1v) is 9.94. The Kier molecular flexibility index (Phi) is 4.48. The molecule has 1 fully saturated rings. The molecule has 5 rings (SSSR count). The maximum Gasteiger partial charge on any atom is 0.233 e. The van der Waals surface area contributed by atoms with Crippen LogP contribution >= 0.6 is 0 Å². The number of aromatic nitrogens is 4. The van der Waals surface area contributed by atoms with Crippen LogP contribution < -0.4 is 10.6 Å². The summed E-state index contributed by atoms with van der Waals surface area (Å²) in [7, 11) is 0. The lowest BCUT2D eigenvalue weighted by Gasteiger charge is -2.19. The molecule has 4 heterocycles. The minimum atomic E-state index is -0.0115. The van der Waals surface area contributed by atoms with Crippen molar-refractivity contribution in [3.05, 3.63) is 53.3 Å². The van der Waals surface area contributed by atoms with Crippen LogP contribution in [0, 0.1) is 0 Å². The first kappa shape index (κ1) is 17.8. The number of carbonyl (C=O) groups excluding carboxylic acids is 1. The van der Waals surface area contributed by atoms with Crippen molar-refractivity contribution in [2.75, 3.05) is 23.7 Å². The molecule has 2 aromatic heterocycles. The first-order valence-electron chi connectivity index (χ1n) is 9.94. The predicted octanol–water partition coefficient (Wildman–Crippen LogP) is 2.13. The minimum Gasteiger partial charge on any atom is -0.383 e. The van der Waals surface area contributed by atoms with Crippen molar-refractivity contribution >= 4 is 17.5 Å². The molecule has 1 saturated heterocycles. The van der Waals surface area contributed by atoms with Crippen molar-refractivity contribution in [3.8, 4) is 11.6 Å². The van der Waals surface area contributed by atoms with Gasteiger partial charge in [0.25, 0.3) is 0 Å². The average molecular weight is 389 g/mol. The summed E-state index contributed by atoms with van der Waals surface area (Å²) in [4.78, 5) is 33.0. The molecule has 0 saturated carbocycles. The summed E-state index contributed by atoms with van der Waals surface area (Å²) in [5.74, 6) is 1.83. The van der Waals surface area contributed by atoms with Gasteiger partial charge in [0.05, 0.1) is 13.0 Å². The highest BCUT2D eigenvalue weighted by Crippen LogP contribution is 2.33. The third-order valence-electron chi connectivity index (χ3n) is 5.55. The largest absolute Gasteiger partial charge is 0.383 e. The highest BCUT2D eigenvalue weighted by molar-refractivity contribution is 6.01. The summed E-state index contributed by atoms with van der Waals surface area (Å²) < 4.78 is 0. The Morgan fingerprint density at radius 3 is 2.66 bits per heavy atom. The van der Waals surface area contributed by atoms with Gasteiger partial charge in [0.2, 0.25) is 5.91 Å². The molecule has 0 unspecified atom stereocenters. The Bertz CT molecular complexity index is 1040. The molecule has 1 amide bonds. The number of H-pyrrole nitrogens is 1. The van der Waals surface area contributed by atoms with Crippen molar-refractivity contribution in [2.24, 2.45) is 0 Å². The molecule has 8 heteroatoms. The Morgan fingerprint density at radius 1 is 1.10 bits per heavy atom. The van der Waals surface area contributed by atoms with Crippen LogP contribution in [0.2, 0.25) is 0 Å². The topological polar surface area (TPSA) is 104 Å². The van der Waals surface area contributed by atoms with E-state index in [-0.39, 0.29) is 12.3 Å². The molecule has 148 valence electrons. The highest BCUT2D eigenvalue weighted by atomic mass is 16.2. The Morgan fingerprint density at radius 2 is 1.90 bits per heavy atom. The van der Waals surface area contributed by atoms with E-state index >= 15 is 0 Å². The van der Waals surface area contributed by atoms with Gasteiger partial charge in [0.1, 0.15) is 11.6 Å². The third-order valence-corrected chi connectivity index (χ3v) is 5.55. The number of aromatic amines is 1. The SMILES string of the molecule is Nc1nc(-c2ncc[nH]2)nc2c1CC(=O)N2Cc1cccc(CN2CCCC2)c1. The maximum atomic E-state index is 12.7. The first-order chi connectivity index (χ1) is 14.2. The molecule has 2 aliphatic rings. The summed E-state index contributed by atoms with van der Waals surface area (Å²) in [5.41, 5.74) is 9.18. The van der Waals surface area contributed by atoms with E-state index in [4.69, 9.17) is 5.73 Å². The Labute approximate surface area is 168 Å². The fraction of sp³-hybridized carbons (Fsp3) is 0.333. The molecule has 29 heavy (non-hydrogen) atoms. The van der Waals surface area contributed by atoms with E-state index < -0.39 is 0 Å². The van der Waals surface area contributed by atoms with E-state index in [9.17, 15) is 4.79 Å². The summed E-state index contributed by atoms with van der Waals surface area (Å²) in [5, 5.41) is 0. The number of fused-ring (bicyclic) bond motifs is 1. The van der Waals surface area contributed by atoms with Crippen LogP contribution in [0.15, 0.2) is 36.7 Å². The molecular weight excluding hydrogens is 366 g/mol. The third kappa shape index (κ3) is 3.47. The van der Waals surface area contributed by atoms with E-state index in [1.807, 2.05) is 0 Å². The predicted molar refractivity (Wildman–Crippen MR) is 110 cm³/mol. The van der Waals surface area contributed by atoms with Crippen LogP contribution in [0.25, 0.3) is 11.6 Å². The molecule has 1 aromatic carbocycles. The van der Waals surface area contributed by atoms with Crippen LogP contribution in [0.1, 0.15) is 29.5 Å². The van der Waals surface area contributed by atoms with Gasteiger partial charge in [0.15, 0.2) is 11.6 Å². The number of carbonyl (C=O) groups is 1. The highest BCUT2D eigenvalue weighted by Gasteiger charge is 2.32. The zero-order valence-electron chi connectivity index (χ0n) is 16.1. The number of imidazole rings is 1. The zero-order valence-corrected chi connectivity index (χ0v) is 16.1. The van der Waals surface area contributed by atoms with Crippen LogP contribution in [-0.4, -0.2) is 43.8 Å². The maximum absolute atomic E-state index is 12.7. The molecule has 2 aliphatic heterocycles. The number of nitrogen functional groups attached to an aromatic ring is 1. The van der Waals surface area contributed by atoms with Gasteiger partial charge >= 0.3 is 0 Å².